The Balaban J connectivity index is 1.14. The fraction of sp³-hybridized carbons (Fsp3) is 0. The summed E-state index contributed by atoms with van der Waals surface area (Å²) in [7, 11) is 0. The van der Waals surface area contributed by atoms with Crippen molar-refractivity contribution in [3.8, 4) is 55.6 Å². The first-order valence-electron chi connectivity index (χ1n) is 18.2. The Labute approximate surface area is 311 Å². The van der Waals surface area contributed by atoms with Gasteiger partial charge in [0.05, 0.1) is 5.69 Å². The molecule has 0 aliphatic carbocycles. The lowest BCUT2D eigenvalue weighted by Crippen LogP contribution is -2.11. The third-order valence-corrected chi connectivity index (χ3v) is 10.1. The summed E-state index contributed by atoms with van der Waals surface area (Å²) in [5.41, 5.74) is 15.3. The summed E-state index contributed by atoms with van der Waals surface area (Å²) in [6.07, 6.45) is 0. The van der Waals surface area contributed by atoms with Gasteiger partial charge < -0.3 is 4.90 Å². The molecule has 0 aliphatic rings. The average molecular weight is 676 g/mol. The Morgan fingerprint density at radius 1 is 0.245 bits per heavy atom. The molecule has 0 saturated heterocycles. The van der Waals surface area contributed by atoms with E-state index in [1.807, 2.05) is 0 Å². The summed E-state index contributed by atoms with van der Waals surface area (Å²) in [6, 6.07) is 80.8. The van der Waals surface area contributed by atoms with Crippen LogP contribution < -0.4 is 4.90 Å². The van der Waals surface area contributed by atoms with E-state index in [1.165, 1.54) is 66.4 Å². The van der Waals surface area contributed by atoms with Gasteiger partial charge >= 0.3 is 0 Å². The molecular formula is C52H37N. The second kappa shape index (κ2) is 14.3. The van der Waals surface area contributed by atoms with Crippen LogP contribution in [0.1, 0.15) is 0 Å². The monoisotopic (exact) mass is 675 g/mol. The predicted molar refractivity (Wildman–Crippen MR) is 226 cm³/mol. The van der Waals surface area contributed by atoms with E-state index in [9.17, 15) is 0 Å². The van der Waals surface area contributed by atoms with E-state index in [2.05, 4.69) is 229 Å². The van der Waals surface area contributed by atoms with E-state index in [0.717, 1.165) is 17.1 Å². The minimum absolute atomic E-state index is 1.10. The molecule has 9 aromatic carbocycles. The molecule has 0 unspecified atom stereocenters. The first kappa shape index (κ1) is 32.0. The molecule has 0 atom stereocenters. The van der Waals surface area contributed by atoms with E-state index >= 15 is 0 Å². The van der Waals surface area contributed by atoms with Crippen molar-refractivity contribution in [3.05, 3.63) is 224 Å². The van der Waals surface area contributed by atoms with Crippen LogP contribution in [0.4, 0.5) is 17.1 Å². The topological polar surface area (TPSA) is 3.24 Å². The highest BCUT2D eigenvalue weighted by Crippen LogP contribution is 2.43. The van der Waals surface area contributed by atoms with Gasteiger partial charge in [0.25, 0.3) is 0 Å². The maximum atomic E-state index is 2.40. The smallest absolute Gasteiger partial charge is 0.0540 e. The van der Waals surface area contributed by atoms with Crippen LogP contribution in [-0.4, -0.2) is 0 Å². The number of hydrogen-bond donors (Lipinski definition) is 0. The molecule has 9 aromatic rings. The highest BCUT2D eigenvalue weighted by Gasteiger charge is 2.18. The zero-order valence-electron chi connectivity index (χ0n) is 29.3. The second-order valence-corrected chi connectivity index (χ2v) is 13.4. The fourth-order valence-electron chi connectivity index (χ4n) is 7.39. The molecule has 1 nitrogen and oxygen atoms in total. The van der Waals surface area contributed by atoms with Crippen molar-refractivity contribution < 1.29 is 0 Å². The van der Waals surface area contributed by atoms with E-state index in [4.69, 9.17) is 0 Å². The van der Waals surface area contributed by atoms with Gasteiger partial charge in [-0.05, 0) is 91.2 Å². The molecule has 0 aromatic heterocycles. The third kappa shape index (κ3) is 6.53. The molecule has 9 rings (SSSR count). The van der Waals surface area contributed by atoms with Crippen molar-refractivity contribution >= 4 is 27.8 Å². The standard InChI is InChI=1S/C52H37N/c1-3-13-38(14-4-1)40-25-27-42(28-26-40)43-33-35-47(36-34-43)53(48-20-11-19-46(37-48)50-23-12-18-44-17-7-8-21-49(44)50)52-24-10-9-22-51(52)45-31-29-41(30-32-45)39-15-5-2-6-16-39/h1-37H. The van der Waals surface area contributed by atoms with Gasteiger partial charge in [-0.3, -0.25) is 0 Å². The van der Waals surface area contributed by atoms with Gasteiger partial charge in [0.15, 0.2) is 0 Å². The minimum atomic E-state index is 1.10. The van der Waals surface area contributed by atoms with Crippen molar-refractivity contribution in [1.29, 1.82) is 0 Å². The van der Waals surface area contributed by atoms with Crippen molar-refractivity contribution in [3.63, 3.8) is 0 Å². The zero-order valence-corrected chi connectivity index (χ0v) is 29.3. The lowest BCUT2D eigenvalue weighted by atomic mass is 9.96. The van der Waals surface area contributed by atoms with E-state index in [0.29, 0.717) is 0 Å². The van der Waals surface area contributed by atoms with E-state index in [-0.39, 0.29) is 0 Å². The fourth-order valence-corrected chi connectivity index (χ4v) is 7.39. The molecular weight excluding hydrogens is 639 g/mol. The SMILES string of the molecule is c1ccc(-c2ccc(-c3ccc(N(c4cccc(-c5cccc6ccccc56)c4)c4ccccc4-c4ccc(-c5ccccc5)cc4)cc3)cc2)cc1. The number of nitrogens with zero attached hydrogens (tertiary/aromatic N) is 1. The first-order chi connectivity index (χ1) is 26.3. The quantitative estimate of drug-likeness (QED) is 0.155. The number of para-hydroxylation sites is 1. The molecule has 0 N–H and O–H groups in total. The summed E-state index contributed by atoms with van der Waals surface area (Å²) in [4.78, 5) is 2.40. The Hall–Kier alpha value is -6.96. The molecule has 0 aliphatic heterocycles. The largest absolute Gasteiger partial charge is 0.310 e. The summed E-state index contributed by atoms with van der Waals surface area (Å²) in [5, 5.41) is 2.49. The molecule has 0 radical (unpaired) electrons. The maximum Gasteiger partial charge on any atom is 0.0540 e. The van der Waals surface area contributed by atoms with E-state index < -0.39 is 0 Å². The molecule has 0 spiro atoms. The summed E-state index contributed by atoms with van der Waals surface area (Å²) in [6.45, 7) is 0. The van der Waals surface area contributed by atoms with Crippen molar-refractivity contribution in [2.75, 3.05) is 4.90 Å². The summed E-state index contributed by atoms with van der Waals surface area (Å²) < 4.78 is 0. The lowest BCUT2D eigenvalue weighted by Gasteiger charge is -2.28. The van der Waals surface area contributed by atoms with Crippen LogP contribution in [0.15, 0.2) is 224 Å². The minimum Gasteiger partial charge on any atom is -0.310 e. The van der Waals surface area contributed by atoms with Crippen LogP contribution in [-0.2, 0) is 0 Å². The van der Waals surface area contributed by atoms with Crippen LogP contribution in [0.3, 0.4) is 0 Å². The number of rotatable bonds is 8. The van der Waals surface area contributed by atoms with Crippen molar-refractivity contribution in [1.82, 2.24) is 0 Å². The zero-order chi connectivity index (χ0) is 35.4. The highest BCUT2D eigenvalue weighted by molar-refractivity contribution is 5.98. The first-order valence-corrected chi connectivity index (χ1v) is 18.2. The number of anilines is 3. The molecule has 53 heavy (non-hydrogen) atoms. The van der Waals surface area contributed by atoms with Crippen LogP contribution in [0.25, 0.3) is 66.4 Å². The Kier molecular flexibility index (Phi) is 8.66. The summed E-state index contributed by atoms with van der Waals surface area (Å²) in [5.74, 6) is 0. The number of benzene rings is 9. The Bertz CT molecular complexity index is 2620. The van der Waals surface area contributed by atoms with Crippen LogP contribution in [0.2, 0.25) is 0 Å². The number of fused-ring (bicyclic) bond motifs is 1. The summed E-state index contributed by atoms with van der Waals surface area (Å²) >= 11 is 0. The van der Waals surface area contributed by atoms with Gasteiger partial charge in [-0.25, -0.2) is 0 Å². The second-order valence-electron chi connectivity index (χ2n) is 13.4. The van der Waals surface area contributed by atoms with Gasteiger partial charge in [0.1, 0.15) is 0 Å². The molecule has 1 heteroatoms. The molecule has 0 amide bonds. The molecule has 250 valence electrons. The van der Waals surface area contributed by atoms with Gasteiger partial charge in [0, 0.05) is 16.9 Å². The van der Waals surface area contributed by atoms with Crippen LogP contribution >= 0.6 is 0 Å². The number of hydrogen-bond acceptors (Lipinski definition) is 1. The maximum absolute atomic E-state index is 2.40. The van der Waals surface area contributed by atoms with Gasteiger partial charge in [-0.15, -0.1) is 0 Å². The van der Waals surface area contributed by atoms with Crippen LogP contribution in [0.5, 0.6) is 0 Å². The van der Waals surface area contributed by atoms with Crippen LogP contribution in [0, 0.1) is 0 Å². The van der Waals surface area contributed by atoms with Gasteiger partial charge in [-0.1, -0.05) is 194 Å². The molecule has 0 heterocycles. The third-order valence-electron chi connectivity index (χ3n) is 10.1. The lowest BCUT2D eigenvalue weighted by molar-refractivity contribution is 1.28. The molecule has 0 bridgehead atoms. The normalized spacial score (nSPS) is 11.0. The van der Waals surface area contributed by atoms with Gasteiger partial charge in [-0.2, -0.15) is 0 Å². The van der Waals surface area contributed by atoms with E-state index in [1.54, 1.807) is 0 Å². The average Bonchev–Trinajstić information content (AvgIpc) is 3.25. The Morgan fingerprint density at radius 2 is 0.679 bits per heavy atom. The van der Waals surface area contributed by atoms with Gasteiger partial charge in [0.2, 0.25) is 0 Å². The molecule has 0 fully saturated rings. The van der Waals surface area contributed by atoms with Crippen molar-refractivity contribution in [2.24, 2.45) is 0 Å². The van der Waals surface area contributed by atoms with Crippen molar-refractivity contribution in [2.45, 2.75) is 0 Å². The predicted octanol–water partition coefficient (Wildman–Crippen LogP) is 14.6. The highest BCUT2D eigenvalue weighted by atomic mass is 15.1. The Morgan fingerprint density at radius 3 is 1.32 bits per heavy atom. The molecule has 0 saturated carbocycles.